The molecule has 1 fully saturated rings. The smallest absolute Gasteiger partial charge is 0.243 e. The first-order valence-electron chi connectivity index (χ1n) is 7.06. The summed E-state index contributed by atoms with van der Waals surface area (Å²) in [7, 11) is 0. The summed E-state index contributed by atoms with van der Waals surface area (Å²) in [6.45, 7) is 3.14. The molecular weight excluding hydrogens is 270 g/mol. The number of aromatic nitrogens is 2. The minimum atomic E-state index is 0.245. The van der Waals surface area contributed by atoms with Gasteiger partial charge in [-0.25, -0.2) is 0 Å². The van der Waals surface area contributed by atoms with Gasteiger partial charge < -0.3 is 9.84 Å². The molecule has 1 atom stereocenters. The zero-order valence-corrected chi connectivity index (χ0v) is 12.4. The molecule has 0 aliphatic carbocycles. The maximum atomic E-state index is 5.37. The van der Waals surface area contributed by atoms with E-state index in [4.69, 9.17) is 4.52 Å². The molecular formula is C15H19N3OS. The van der Waals surface area contributed by atoms with Crippen LogP contribution in [0, 0.1) is 6.92 Å². The predicted molar refractivity (Wildman–Crippen MR) is 79.6 cm³/mol. The first-order chi connectivity index (χ1) is 9.81. The molecule has 2 aromatic rings. The molecule has 1 aliphatic heterocycles. The van der Waals surface area contributed by atoms with E-state index in [1.54, 1.807) is 11.8 Å². The number of hydrogen-bond donors (Lipinski definition) is 1. The van der Waals surface area contributed by atoms with E-state index in [2.05, 4.69) is 46.6 Å². The van der Waals surface area contributed by atoms with Crippen LogP contribution in [0.25, 0.3) is 0 Å². The van der Waals surface area contributed by atoms with E-state index in [1.165, 1.54) is 23.3 Å². The molecule has 0 spiro atoms. The van der Waals surface area contributed by atoms with Crippen LogP contribution in [-0.4, -0.2) is 16.7 Å². The Kier molecular flexibility index (Phi) is 4.38. The molecule has 1 aromatic carbocycles. The van der Waals surface area contributed by atoms with Gasteiger partial charge in [0.25, 0.3) is 0 Å². The molecule has 0 amide bonds. The highest BCUT2D eigenvalue weighted by atomic mass is 32.2. The molecule has 20 heavy (non-hydrogen) atoms. The fourth-order valence-corrected chi connectivity index (χ4v) is 3.05. The number of piperidine rings is 1. The Balaban J connectivity index is 1.58. The summed E-state index contributed by atoms with van der Waals surface area (Å²) < 4.78 is 5.37. The van der Waals surface area contributed by atoms with Crippen molar-refractivity contribution in [2.45, 2.75) is 42.9 Å². The molecule has 3 rings (SSSR count). The van der Waals surface area contributed by atoms with Crippen LogP contribution in [0.3, 0.4) is 0 Å². The van der Waals surface area contributed by atoms with Crippen LogP contribution in [-0.2, 0) is 5.75 Å². The van der Waals surface area contributed by atoms with Crippen molar-refractivity contribution >= 4 is 11.8 Å². The summed E-state index contributed by atoms with van der Waals surface area (Å²) in [6.07, 6.45) is 3.56. The largest absolute Gasteiger partial charge is 0.338 e. The topological polar surface area (TPSA) is 51.0 Å². The van der Waals surface area contributed by atoms with Crippen molar-refractivity contribution in [2.75, 3.05) is 6.54 Å². The van der Waals surface area contributed by atoms with Gasteiger partial charge in [0.15, 0.2) is 5.82 Å². The van der Waals surface area contributed by atoms with Crippen molar-refractivity contribution in [1.29, 1.82) is 0 Å². The molecule has 0 bridgehead atoms. The van der Waals surface area contributed by atoms with Crippen molar-refractivity contribution in [3.63, 3.8) is 0 Å². The lowest BCUT2D eigenvalue weighted by molar-refractivity contribution is 0.296. The second-order valence-corrected chi connectivity index (χ2v) is 6.20. The molecule has 0 radical (unpaired) electrons. The lowest BCUT2D eigenvalue weighted by atomic mass is 10.1. The third kappa shape index (κ3) is 3.41. The molecule has 106 valence electrons. The van der Waals surface area contributed by atoms with Gasteiger partial charge in [-0.15, -0.1) is 11.8 Å². The van der Waals surface area contributed by atoms with E-state index < -0.39 is 0 Å². The van der Waals surface area contributed by atoms with E-state index in [0.717, 1.165) is 30.4 Å². The summed E-state index contributed by atoms with van der Waals surface area (Å²) in [4.78, 5) is 5.74. The van der Waals surface area contributed by atoms with E-state index in [9.17, 15) is 0 Å². The molecule has 1 aromatic heterocycles. The monoisotopic (exact) mass is 289 g/mol. The van der Waals surface area contributed by atoms with Gasteiger partial charge >= 0.3 is 0 Å². The molecule has 2 heterocycles. The highest BCUT2D eigenvalue weighted by Crippen LogP contribution is 2.24. The average molecular weight is 289 g/mol. The van der Waals surface area contributed by atoms with Crippen LogP contribution in [0.5, 0.6) is 0 Å². The number of rotatable bonds is 4. The lowest BCUT2D eigenvalue weighted by Gasteiger charge is -2.19. The number of nitrogens with zero attached hydrogens (tertiary/aromatic N) is 2. The Bertz CT molecular complexity index is 547. The Morgan fingerprint density at radius 2 is 2.15 bits per heavy atom. The Hall–Kier alpha value is -1.33. The Morgan fingerprint density at radius 1 is 1.30 bits per heavy atom. The highest BCUT2D eigenvalue weighted by molar-refractivity contribution is 7.98. The van der Waals surface area contributed by atoms with Crippen LogP contribution in [0.2, 0.25) is 0 Å². The zero-order chi connectivity index (χ0) is 13.8. The number of thioether (sulfide) groups is 1. The fourth-order valence-electron chi connectivity index (χ4n) is 2.31. The van der Waals surface area contributed by atoms with Crippen molar-refractivity contribution < 1.29 is 4.52 Å². The standard InChI is InChI=1S/C15H19N3OS/c1-11-5-7-12(8-6-11)20-10-14-17-15(19-18-14)13-4-2-3-9-16-13/h5-8,13,16H,2-4,9-10H2,1H3. The van der Waals surface area contributed by atoms with E-state index in [0.29, 0.717) is 0 Å². The van der Waals surface area contributed by atoms with Crippen molar-refractivity contribution in [2.24, 2.45) is 0 Å². The maximum Gasteiger partial charge on any atom is 0.243 e. The third-order valence-corrected chi connectivity index (χ3v) is 4.49. The van der Waals surface area contributed by atoms with Crippen LogP contribution >= 0.6 is 11.8 Å². The number of hydrogen-bond acceptors (Lipinski definition) is 5. The number of benzene rings is 1. The molecule has 1 saturated heterocycles. The lowest BCUT2D eigenvalue weighted by Crippen LogP contribution is -2.26. The molecule has 5 heteroatoms. The fraction of sp³-hybridized carbons (Fsp3) is 0.467. The second kappa shape index (κ2) is 6.41. The molecule has 0 saturated carbocycles. The van der Waals surface area contributed by atoms with Gasteiger partial charge in [0, 0.05) is 4.90 Å². The molecule has 1 N–H and O–H groups in total. The number of nitrogens with one attached hydrogen (secondary N) is 1. The third-order valence-electron chi connectivity index (χ3n) is 3.48. The summed E-state index contributed by atoms with van der Waals surface area (Å²) >= 11 is 1.74. The summed E-state index contributed by atoms with van der Waals surface area (Å²) in [5.41, 5.74) is 1.28. The van der Waals surface area contributed by atoms with Crippen LogP contribution in [0.1, 0.15) is 42.6 Å². The van der Waals surface area contributed by atoms with Crippen molar-refractivity contribution in [1.82, 2.24) is 15.5 Å². The van der Waals surface area contributed by atoms with Gasteiger partial charge in [-0.1, -0.05) is 29.3 Å². The molecule has 1 unspecified atom stereocenters. The minimum Gasteiger partial charge on any atom is -0.338 e. The molecule has 1 aliphatic rings. The van der Waals surface area contributed by atoms with Gasteiger partial charge in [0.05, 0.1) is 11.8 Å². The van der Waals surface area contributed by atoms with E-state index >= 15 is 0 Å². The van der Waals surface area contributed by atoms with Gasteiger partial charge in [0.2, 0.25) is 5.89 Å². The van der Waals surface area contributed by atoms with Crippen LogP contribution < -0.4 is 5.32 Å². The Morgan fingerprint density at radius 3 is 2.90 bits per heavy atom. The van der Waals surface area contributed by atoms with Gasteiger partial charge in [-0.05, 0) is 38.4 Å². The van der Waals surface area contributed by atoms with Gasteiger partial charge in [0.1, 0.15) is 0 Å². The first kappa shape index (κ1) is 13.6. The predicted octanol–water partition coefficient (Wildman–Crippen LogP) is 3.48. The van der Waals surface area contributed by atoms with Crippen molar-refractivity contribution in [3.05, 3.63) is 41.5 Å². The quantitative estimate of drug-likeness (QED) is 0.873. The maximum absolute atomic E-state index is 5.37. The van der Waals surface area contributed by atoms with E-state index in [1.807, 2.05) is 0 Å². The van der Waals surface area contributed by atoms with Crippen molar-refractivity contribution in [3.8, 4) is 0 Å². The van der Waals surface area contributed by atoms with E-state index in [-0.39, 0.29) is 6.04 Å². The summed E-state index contributed by atoms with van der Waals surface area (Å²) in [5, 5.41) is 7.50. The van der Waals surface area contributed by atoms with Crippen LogP contribution in [0.15, 0.2) is 33.7 Å². The SMILES string of the molecule is Cc1ccc(SCc2noc(C3CCCCN3)n2)cc1. The normalized spacial score (nSPS) is 19.1. The molecule has 4 nitrogen and oxygen atoms in total. The first-order valence-corrected chi connectivity index (χ1v) is 8.05. The Labute approximate surface area is 123 Å². The van der Waals surface area contributed by atoms with Gasteiger partial charge in [-0.3, -0.25) is 0 Å². The summed E-state index contributed by atoms with van der Waals surface area (Å²) in [6, 6.07) is 8.74. The summed E-state index contributed by atoms with van der Waals surface area (Å²) in [5.74, 6) is 2.27. The zero-order valence-electron chi connectivity index (χ0n) is 11.6. The second-order valence-electron chi connectivity index (χ2n) is 5.15. The number of aryl methyl sites for hydroxylation is 1. The van der Waals surface area contributed by atoms with Gasteiger partial charge in [-0.2, -0.15) is 4.98 Å². The highest BCUT2D eigenvalue weighted by Gasteiger charge is 2.20. The van der Waals surface area contributed by atoms with Crippen LogP contribution in [0.4, 0.5) is 0 Å². The minimum absolute atomic E-state index is 0.245. The average Bonchev–Trinajstić information content (AvgIpc) is 2.97.